The average molecular weight is 661 g/mol. The number of nitrogens with zero attached hydrogens (tertiary/aromatic N) is 4. The summed E-state index contributed by atoms with van der Waals surface area (Å²) in [5.41, 5.74) is 0. The van der Waals surface area contributed by atoms with Gasteiger partial charge in [0.15, 0.2) is 28.6 Å². The summed E-state index contributed by atoms with van der Waals surface area (Å²) in [4.78, 5) is 36.9. The molecule has 4 saturated heterocycles. The molecule has 4 aliphatic heterocycles. The van der Waals surface area contributed by atoms with Crippen LogP contribution >= 0.6 is 35.1 Å². The number of thioether (sulfide) groups is 2. The van der Waals surface area contributed by atoms with Gasteiger partial charge in [-0.25, -0.2) is 9.97 Å². The fourth-order valence-electron chi connectivity index (χ4n) is 4.68. The average Bonchev–Trinajstić information content (AvgIpc) is 3.75. The van der Waals surface area contributed by atoms with Gasteiger partial charge in [-0.15, -0.1) is 0 Å². The van der Waals surface area contributed by atoms with E-state index in [1.165, 1.54) is 37.4 Å². The van der Waals surface area contributed by atoms with Crippen molar-refractivity contribution >= 4 is 46.3 Å². The van der Waals surface area contributed by atoms with Crippen LogP contribution in [0.4, 0.5) is 0 Å². The first-order valence-electron chi connectivity index (χ1n) is 13.2. The molecular formula is C26H33ClN4O10S2. The van der Waals surface area contributed by atoms with Crippen LogP contribution in [0.25, 0.3) is 0 Å². The van der Waals surface area contributed by atoms with E-state index in [0.717, 1.165) is 0 Å². The van der Waals surface area contributed by atoms with Crippen molar-refractivity contribution in [3.05, 3.63) is 24.5 Å². The molecule has 0 unspecified atom stereocenters. The van der Waals surface area contributed by atoms with Gasteiger partial charge in [0.1, 0.15) is 30.5 Å². The molecule has 0 bridgehead atoms. The van der Waals surface area contributed by atoms with Crippen LogP contribution in [0.5, 0.6) is 11.8 Å². The topological polar surface area (TPSA) is 171 Å². The Hall–Kier alpha value is -2.31. The molecule has 0 aromatic carbocycles. The van der Waals surface area contributed by atoms with Gasteiger partial charge in [0, 0.05) is 38.4 Å². The van der Waals surface area contributed by atoms with Crippen molar-refractivity contribution in [1.82, 2.24) is 19.9 Å². The molecule has 0 aliphatic carbocycles. The van der Waals surface area contributed by atoms with Gasteiger partial charge < -0.3 is 38.3 Å². The van der Waals surface area contributed by atoms with Gasteiger partial charge in [0.25, 0.3) is 0 Å². The van der Waals surface area contributed by atoms with E-state index in [1.807, 2.05) is 12.5 Å². The molecule has 2 aromatic heterocycles. The fraction of sp³-hybridized carbons (Fsp3) is 0.615. The minimum absolute atomic E-state index is 0.215. The molecule has 8 atom stereocenters. The maximum atomic E-state index is 11.0. The molecule has 0 amide bonds. The minimum Gasteiger partial charge on any atom is -0.469 e. The van der Waals surface area contributed by atoms with E-state index < -0.39 is 6.10 Å². The Balaban J connectivity index is 0.000000177. The monoisotopic (exact) mass is 660 g/mol. The lowest BCUT2D eigenvalue weighted by atomic mass is 10.1. The zero-order valence-corrected chi connectivity index (χ0v) is 26.3. The lowest BCUT2D eigenvalue weighted by Crippen LogP contribution is -2.36. The number of ether oxygens (including phenoxy) is 7. The summed E-state index contributed by atoms with van der Waals surface area (Å²) >= 11 is 7.54. The van der Waals surface area contributed by atoms with Crippen LogP contribution in [0.1, 0.15) is 13.8 Å². The predicted octanol–water partition coefficient (Wildman–Crippen LogP) is 1.55. The second-order valence-electron chi connectivity index (χ2n) is 9.45. The lowest BCUT2D eigenvalue weighted by molar-refractivity contribution is -0.151. The van der Waals surface area contributed by atoms with Gasteiger partial charge in [-0.2, -0.15) is 9.97 Å². The van der Waals surface area contributed by atoms with Crippen molar-refractivity contribution in [3.63, 3.8) is 0 Å². The van der Waals surface area contributed by atoms with Gasteiger partial charge in [-0.05, 0) is 24.1 Å². The summed E-state index contributed by atoms with van der Waals surface area (Å²) in [6.45, 7) is 4.09. The second kappa shape index (κ2) is 16.1. The van der Waals surface area contributed by atoms with Gasteiger partial charge in [0.2, 0.25) is 17.0 Å². The molecule has 1 N–H and O–H groups in total. The number of esters is 1. The number of carbonyl (C=O) groups is 2. The quantitative estimate of drug-likeness (QED) is 0.196. The molecule has 0 saturated carbocycles. The van der Waals surface area contributed by atoms with Crippen molar-refractivity contribution in [2.45, 2.75) is 73.0 Å². The highest BCUT2D eigenvalue weighted by Crippen LogP contribution is 2.32. The third-order valence-electron chi connectivity index (χ3n) is 6.39. The van der Waals surface area contributed by atoms with Crippen molar-refractivity contribution in [2.24, 2.45) is 0 Å². The normalized spacial score (nSPS) is 30.2. The van der Waals surface area contributed by atoms with Crippen molar-refractivity contribution in [2.75, 3.05) is 38.9 Å². The highest BCUT2D eigenvalue weighted by Gasteiger charge is 2.51. The standard InChI is InChI=1S/C13H16N2O5S.C11H14N2O4S.C2H3ClO/c1-7(16)19-8-5-17-12-9(6-18-11(8)12)20-10-3-4-14-13(15-10)21-2;1-18-11-12-3-2-8(13-11)17-7-5-16-9-6(14)4-15-10(7)9;1-2(3)4/h3-4,8-9,11-12H,5-6H2,1-2H3;2-3,6-7,9-10,14H,4-5H2,1H3;1H3/t8-,9-,11+,12+;6-,7-,9+,10+;/m00./s1. The molecule has 4 fully saturated rings. The highest BCUT2D eigenvalue weighted by molar-refractivity contribution is 7.98. The van der Waals surface area contributed by atoms with Crippen LogP contribution in [0, 0.1) is 0 Å². The molecule has 236 valence electrons. The Morgan fingerprint density at radius 3 is 1.70 bits per heavy atom. The molecule has 6 heterocycles. The van der Waals surface area contributed by atoms with Crippen LogP contribution in [0.2, 0.25) is 0 Å². The maximum Gasteiger partial charge on any atom is 0.303 e. The predicted molar refractivity (Wildman–Crippen MR) is 154 cm³/mol. The molecule has 6 rings (SSSR count). The van der Waals surface area contributed by atoms with Gasteiger partial charge in [-0.1, -0.05) is 23.5 Å². The number of aliphatic hydroxyl groups is 1. The first-order valence-corrected chi connectivity index (χ1v) is 16.1. The summed E-state index contributed by atoms with van der Waals surface area (Å²) in [6, 6.07) is 3.41. The first-order chi connectivity index (χ1) is 20.7. The third kappa shape index (κ3) is 9.34. The number of aliphatic hydroxyl groups excluding tert-OH is 1. The van der Waals surface area contributed by atoms with Gasteiger partial charge in [0.05, 0.1) is 26.4 Å². The van der Waals surface area contributed by atoms with E-state index in [0.29, 0.717) is 48.5 Å². The minimum atomic E-state index is -0.559. The van der Waals surface area contributed by atoms with E-state index >= 15 is 0 Å². The Bertz CT molecular complexity index is 1230. The molecule has 2 aromatic rings. The van der Waals surface area contributed by atoms with Crippen molar-refractivity contribution in [1.29, 1.82) is 0 Å². The van der Waals surface area contributed by atoms with E-state index in [1.54, 1.807) is 24.5 Å². The number of hydrogen-bond acceptors (Lipinski definition) is 16. The van der Waals surface area contributed by atoms with E-state index in [4.69, 9.17) is 33.2 Å². The lowest BCUT2D eigenvalue weighted by Gasteiger charge is -2.17. The van der Waals surface area contributed by atoms with E-state index in [-0.39, 0.29) is 53.9 Å². The Labute approximate surface area is 261 Å². The van der Waals surface area contributed by atoms with Crippen LogP contribution in [-0.2, 0) is 33.3 Å². The van der Waals surface area contributed by atoms with Crippen LogP contribution in [0.3, 0.4) is 0 Å². The second-order valence-corrected chi connectivity index (χ2v) is 11.5. The molecule has 4 aliphatic rings. The zero-order valence-electron chi connectivity index (χ0n) is 23.9. The fourth-order valence-corrected chi connectivity index (χ4v) is 5.37. The van der Waals surface area contributed by atoms with Crippen LogP contribution < -0.4 is 9.47 Å². The summed E-state index contributed by atoms with van der Waals surface area (Å²) in [6.07, 6.45) is 4.68. The molecule has 0 spiro atoms. The summed E-state index contributed by atoms with van der Waals surface area (Å²) in [5, 5.41) is 10.6. The molecule has 14 nitrogen and oxygen atoms in total. The number of fused-ring (bicyclic) bond motifs is 2. The number of carbonyl (C=O) groups excluding carboxylic acids is 2. The summed E-state index contributed by atoms with van der Waals surface area (Å²) < 4.78 is 39.0. The van der Waals surface area contributed by atoms with Crippen molar-refractivity contribution < 1.29 is 47.9 Å². The van der Waals surface area contributed by atoms with Crippen LogP contribution in [0.15, 0.2) is 34.8 Å². The smallest absolute Gasteiger partial charge is 0.303 e. The van der Waals surface area contributed by atoms with E-state index in [2.05, 4.69) is 31.5 Å². The number of rotatable bonds is 7. The highest BCUT2D eigenvalue weighted by atomic mass is 35.5. The SMILES string of the molecule is CC(=O)Cl.CSc1nccc(O[C@H]2CO[C@H]3[C@@H]2OC[C@@H]3O)n1.CSc1nccc(O[C@H]2CO[C@H]3[C@@H]2OC[C@@H]3OC(C)=O)n1. The van der Waals surface area contributed by atoms with Gasteiger partial charge in [-0.3, -0.25) is 9.59 Å². The Kier molecular flexibility index (Phi) is 12.6. The summed E-state index contributed by atoms with van der Waals surface area (Å²) in [7, 11) is 0. The maximum absolute atomic E-state index is 11.0. The number of halogens is 1. The summed E-state index contributed by atoms with van der Waals surface area (Å²) in [5.74, 6) is 0.661. The van der Waals surface area contributed by atoms with Crippen LogP contribution in [-0.4, -0.2) is 124 Å². The Morgan fingerprint density at radius 1 is 0.791 bits per heavy atom. The zero-order chi connectivity index (χ0) is 30.9. The Morgan fingerprint density at radius 2 is 1.21 bits per heavy atom. The molecular weight excluding hydrogens is 628 g/mol. The third-order valence-corrected chi connectivity index (χ3v) is 7.51. The number of aromatic nitrogens is 4. The van der Waals surface area contributed by atoms with E-state index in [9.17, 15) is 14.7 Å². The molecule has 17 heteroatoms. The van der Waals surface area contributed by atoms with Crippen molar-refractivity contribution in [3.8, 4) is 11.8 Å². The number of hydrogen-bond donors (Lipinski definition) is 1. The molecule has 0 radical (unpaired) electrons. The first kappa shape index (κ1) is 33.6. The van der Waals surface area contributed by atoms with Gasteiger partial charge >= 0.3 is 5.97 Å². The molecule has 43 heavy (non-hydrogen) atoms. The largest absolute Gasteiger partial charge is 0.469 e.